The third-order valence-corrected chi connectivity index (χ3v) is 4.44. The van der Waals surface area contributed by atoms with E-state index in [4.69, 9.17) is 5.73 Å². The van der Waals surface area contributed by atoms with Gasteiger partial charge in [-0.05, 0) is 55.7 Å². The van der Waals surface area contributed by atoms with Crippen LogP contribution in [0, 0.1) is 36.5 Å². The van der Waals surface area contributed by atoms with Crippen LogP contribution < -0.4 is 11.1 Å². The monoisotopic (exact) mass is 268 g/mol. The van der Waals surface area contributed by atoms with Gasteiger partial charge in [0.15, 0.2) is 0 Å². The van der Waals surface area contributed by atoms with Crippen LogP contribution in [0.5, 0.6) is 0 Å². The highest BCUT2D eigenvalue weighted by molar-refractivity contribution is 5.93. The van der Waals surface area contributed by atoms with Gasteiger partial charge in [-0.3, -0.25) is 4.79 Å². The van der Waals surface area contributed by atoms with E-state index in [9.17, 15) is 4.79 Å². The molecule has 0 heterocycles. The molecule has 20 heavy (non-hydrogen) atoms. The smallest absolute Gasteiger partial charge is 0.227 e. The molecule has 0 aromatic heterocycles. The van der Waals surface area contributed by atoms with Gasteiger partial charge in [0.1, 0.15) is 0 Å². The first-order chi connectivity index (χ1) is 9.67. The van der Waals surface area contributed by atoms with E-state index in [2.05, 4.69) is 17.2 Å². The molecule has 1 amide bonds. The molecule has 2 unspecified atom stereocenters. The van der Waals surface area contributed by atoms with Crippen LogP contribution in [-0.2, 0) is 4.79 Å². The van der Waals surface area contributed by atoms with Crippen LogP contribution in [0.1, 0.15) is 30.4 Å². The number of hydrogen-bond donors (Lipinski definition) is 2. The minimum atomic E-state index is 0.166. The number of amides is 1. The molecule has 0 bridgehead atoms. The minimum absolute atomic E-state index is 0.166. The number of carbonyl (C=O) groups excluding carboxylic acids is 1. The number of carbonyl (C=O) groups is 1. The number of aryl methyl sites for hydroxylation is 1. The Morgan fingerprint density at radius 1 is 1.35 bits per heavy atom. The van der Waals surface area contributed by atoms with Crippen molar-refractivity contribution in [2.75, 3.05) is 11.9 Å². The highest BCUT2D eigenvalue weighted by Crippen LogP contribution is 2.54. The Morgan fingerprint density at radius 2 is 2.10 bits per heavy atom. The molecular formula is C17H20N2O. The van der Waals surface area contributed by atoms with Crippen molar-refractivity contribution in [3.8, 4) is 11.8 Å². The topological polar surface area (TPSA) is 55.1 Å². The van der Waals surface area contributed by atoms with Crippen molar-refractivity contribution in [2.24, 2.45) is 23.5 Å². The first-order valence-corrected chi connectivity index (χ1v) is 7.28. The summed E-state index contributed by atoms with van der Waals surface area (Å²) in [5.41, 5.74) is 8.27. The average Bonchev–Trinajstić information content (AvgIpc) is 3.05. The molecular weight excluding hydrogens is 248 g/mol. The van der Waals surface area contributed by atoms with Gasteiger partial charge in [-0.15, -0.1) is 0 Å². The molecule has 3 rings (SSSR count). The molecule has 2 aliphatic rings. The second kappa shape index (κ2) is 5.30. The molecule has 3 N–H and O–H groups in total. The predicted octanol–water partition coefficient (Wildman–Crippen LogP) is 2.29. The SMILES string of the molecule is Cc1ccc(NC(=O)C2CC3CC3C2)cc1C#CCN. The fourth-order valence-electron chi connectivity index (χ4n) is 3.15. The number of rotatable bonds is 2. The fraction of sp³-hybridized carbons (Fsp3) is 0.471. The molecule has 3 nitrogen and oxygen atoms in total. The van der Waals surface area contributed by atoms with Crippen LogP contribution in [0.15, 0.2) is 18.2 Å². The van der Waals surface area contributed by atoms with E-state index in [0.29, 0.717) is 6.54 Å². The molecule has 1 aromatic rings. The molecule has 2 fully saturated rings. The zero-order valence-electron chi connectivity index (χ0n) is 11.8. The maximum Gasteiger partial charge on any atom is 0.227 e. The lowest BCUT2D eigenvalue weighted by Gasteiger charge is -2.13. The van der Waals surface area contributed by atoms with Crippen molar-refractivity contribution in [3.05, 3.63) is 29.3 Å². The fourth-order valence-corrected chi connectivity index (χ4v) is 3.15. The second-order valence-corrected chi connectivity index (χ2v) is 5.95. The minimum Gasteiger partial charge on any atom is -0.326 e. The Hall–Kier alpha value is -1.79. The molecule has 1 aromatic carbocycles. The van der Waals surface area contributed by atoms with Crippen LogP contribution >= 0.6 is 0 Å². The lowest BCUT2D eigenvalue weighted by Crippen LogP contribution is -2.21. The van der Waals surface area contributed by atoms with Crippen LogP contribution in [0.2, 0.25) is 0 Å². The number of nitrogens with two attached hydrogens (primary N) is 1. The third-order valence-electron chi connectivity index (χ3n) is 4.44. The first kappa shape index (κ1) is 13.2. The summed E-state index contributed by atoms with van der Waals surface area (Å²) in [7, 11) is 0. The third kappa shape index (κ3) is 2.71. The summed E-state index contributed by atoms with van der Waals surface area (Å²) >= 11 is 0. The van der Waals surface area contributed by atoms with Gasteiger partial charge in [0.2, 0.25) is 5.91 Å². The highest BCUT2D eigenvalue weighted by Gasteiger charge is 2.47. The summed E-state index contributed by atoms with van der Waals surface area (Å²) in [4.78, 5) is 12.2. The van der Waals surface area contributed by atoms with Crippen LogP contribution in [-0.4, -0.2) is 12.5 Å². The van der Waals surface area contributed by atoms with Crippen molar-refractivity contribution in [2.45, 2.75) is 26.2 Å². The number of nitrogens with one attached hydrogen (secondary N) is 1. The van der Waals surface area contributed by atoms with Crippen molar-refractivity contribution < 1.29 is 4.79 Å². The van der Waals surface area contributed by atoms with Crippen LogP contribution in [0.25, 0.3) is 0 Å². The van der Waals surface area contributed by atoms with E-state index in [1.54, 1.807) is 0 Å². The van der Waals surface area contributed by atoms with Gasteiger partial charge in [-0.25, -0.2) is 0 Å². The van der Waals surface area contributed by atoms with Gasteiger partial charge in [-0.2, -0.15) is 0 Å². The van der Waals surface area contributed by atoms with Crippen LogP contribution in [0.4, 0.5) is 5.69 Å². The average molecular weight is 268 g/mol. The Kier molecular flexibility index (Phi) is 3.50. The predicted molar refractivity (Wildman–Crippen MR) is 80.1 cm³/mol. The first-order valence-electron chi connectivity index (χ1n) is 7.28. The number of hydrogen-bond acceptors (Lipinski definition) is 2. The quantitative estimate of drug-likeness (QED) is 0.809. The van der Waals surface area contributed by atoms with Crippen LogP contribution in [0.3, 0.4) is 0 Å². The summed E-state index contributed by atoms with van der Waals surface area (Å²) in [6.45, 7) is 2.36. The molecule has 0 spiro atoms. The van der Waals surface area contributed by atoms with Crippen molar-refractivity contribution >= 4 is 11.6 Å². The van der Waals surface area contributed by atoms with E-state index in [1.807, 2.05) is 25.1 Å². The lowest BCUT2D eigenvalue weighted by atomic mass is 10.0. The summed E-state index contributed by atoms with van der Waals surface area (Å²) < 4.78 is 0. The van der Waals surface area contributed by atoms with Gasteiger partial charge in [-0.1, -0.05) is 17.9 Å². The molecule has 0 saturated heterocycles. The van der Waals surface area contributed by atoms with E-state index < -0.39 is 0 Å². The van der Waals surface area contributed by atoms with Crippen molar-refractivity contribution in [1.82, 2.24) is 0 Å². The van der Waals surface area contributed by atoms with E-state index >= 15 is 0 Å². The normalized spacial score (nSPS) is 26.4. The van der Waals surface area contributed by atoms with E-state index in [1.165, 1.54) is 6.42 Å². The molecule has 2 saturated carbocycles. The summed E-state index contributed by atoms with van der Waals surface area (Å²) in [5.74, 6) is 7.93. The lowest BCUT2D eigenvalue weighted by molar-refractivity contribution is -0.120. The molecule has 3 heteroatoms. The number of benzene rings is 1. The van der Waals surface area contributed by atoms with E-state index in [0.717, 1.165) is 41.5 Å². The summed E-state index contributed by atoms with van der Waals surface area (Å²) in [5, 5.41) is 3.03. The Bertz CT molecular complexity index is 587. The highest BCUT2D eigenvalue weighted by atomic mass is 16.1. The zero-order valence-corrected chi connectivity index (χ0v) is 11.8. The second-order valence-electron chi connectivity index (χ2n) is 5.95. The Labute approximate surface area is 119 Å². The van der Waals surface area contributed by atoms with Crippen molar-refractivity contribution in [3.63, 3.8) is 0 Å². The Balaban J connectivity index is 1.69. The van der Waals surface area contributed by atoms with Gasteiger partial charge < -0.3 is 11.1 Å². The molecule has 104 valence electrons. The molecule has 2 atom stereocenters. The van der Waals surface area contributed by atoms with Gasteiger partial charge in [0.25, 0.3) is 0 Å². The molecule has 2 aliphatic carbocycles. The van der Waals surface area contributed by atoms with Crippen molar-refractivity contribution in [1.29, 1.82) is 0 Å². The van der Waals surface area contributed by atoms with Gasteiger partial charge >= 0.3 is 0 Å². The zero-order chi connectivity index (χ0) is 14.1. The largest absolute Gasteiger partial charge is 0.326 e. The van der Waals surface area contributed by atoms with Gasteiger partial charge in [0.05, 0.1) is 6.54 Å². The number of anilines is 1. The summed E-state index contributed by atoms with van der Waals surface area (Å²) in [6.07, 6.45) is 3.48. The molecule has 0 aliphatic heterocycles. The molecule has 0 radical (unpaired) electrons. The standard InChI is InChI=1S/C17H20N2O/c1-11-4-5-16(10-12(11)3-2-6-18)19-17(20)15-8-13-7-14(13)9-15/h4-5,10,13-15H,6-9,18H2,1H3,(H,19,20). The maximum atomic E-state index is 12.2. The summed E-state index contributed by atoms with van der Waals surface area (Å²) in [6, 6.07) is 5.87. The van der Waals surface area contributed by atoms with E-state index in [-0.39, 0.29) is 11.8 Å². The Morgan fingerprint density at radius 3 is 2.80 bits per heavy atom. The van der Waals surface area contributed by atoms with Gasteiger partial charge in [0, 0.05) is 17.2 Å². The maximum absolute atomic E-state index is 12.2. The number of fused-ring (bicyclic) bond motifs is 1.